The van der Waals surface area contributed by atoms with E-state index in [1.807, 2.05) is 0 Å². The van der Waals surface area contributed by atoms with Crippen LogP contribution in [0.5, 0.6) is 0 Å². The minimum atomic E-state index is 0.178. The number of halogens is 2. The van der Waals surface area contributed by atoms with Gasteiger partial charge in [-0.3, -0.25) is 5.10 Å². The molecule has 0 aliphatic rings. The summed E-state index contributed by atoms with van der Waals surface area (Å²) in [6, 6.07) is 3.56. The van der Waals surface area contributed by atoms with Crippen LogP contribution in [0.3, 0.4) is 0 Å². The Morgan fingerprint density at radius 2 is 2.33 bits per heavy atom. The fourth-order valence-corrected chi connectivity index (χ4v) is 1.50. The van der Waals surface area contributed by atoms with E-state index in [4.69, 9.17) is 28.9 Å². The number of benzene rings is 1. The van der Waals surface area contributed by atoms with Gasteiger partial charge in [0.25, 0.3) is 0 Å². The van der Waals surface area contributed by atoms with E-state index in [1.165, 1.54) is 0 Å². The molecule has 0 aliphatic heterocycles. The third-order valence-corrected chi connectivity index (χ3v) is 2.49. The van der Waals surface area contributed by atoms with Crippen LogP contribution in [0.15, 0.2) is 23.3 Å². The summed E-state index contributed by atoms with van der Waals surface area (Å²) in [5.74, 6) is 0.509. The monoisotopic (exact) mass is 242 g/mol. The van der Waals surface area contributed by atoms with Gasteiger partial charge < -0.3 is 5.73 Å². The van der Waals surface area contributed by atoms with Gasteiger partial charge in [-0.1, -0.05) is 11.6 Å². The first-order valence-corrected chi connectivity index (χ1v) is 5.13. The Morgan fingerprint density at radius 3 is 3.07 bits per heavy atom. The average Bonchev–Trinajstić information content (AvgIpc) is 2.65. The highest BCUT2D eigenvalue weighted by Crippen LogP contribution is 2.29. The Labute approximate surface area is 96.1 Å². The number of aromatic nitrogens is 2. The fraction of sp³-hybridized carbons (Fsp3) is 0.111. The highest BCUT2D eigenvalue weighted by molar-refractivity contribution is 6.34. The molecule has 3 N–H and O–H groups in total. The maximum atomic E-state index is 6.01. The number of nitrogens with two attached hydrogens (primary N) is 1. The molecule has 1 heterocycles. The summed E-state index contributed by atoms with van der Waals surface area (Å²) in [6.07, 6.45) is 1.69. The summed E-state index contributed by atoms with van der Waals surface area (Å²) in [7, 11) is 0. The van der Waals surface area contributed by atoms with Gasteiger partial charge in [0.05, 0.1) is 28.3 Å². The van der Waals surface area contributed by atoms with Crippen molar-refractivity contribution in [2.75, 3.05) is 5.88 Å². The third kappa shape index (κ3) is 2.06. The van der Waals surface area contributed by atoms with Crippen LogP contribution >= 0.6 is 23.2 Å². The predicted octanol–water partition coefficient (Wildman–Crippen LogP) is 2.44. The van der Waals surface area contributed by atoms with Crippen molar-refractivity contribution in [2.45, 2.75) is 0 Å². The van der Waals surface area contributed by atoms with Gasteiger partial charge in [-0.15, -0.1) is 11.6 Å². The SMILES string of the molecule is NC(CCl)=Nc1cc2[nH]ncc2cc1Cl. The molecule has 0 bridgehead atoms. The van der Waals surface area contributed by atoms with Crippen LogP contribution in [-0.4, -0.2) is 21.9 Å². The number of nitrogens with zero attached hydrogens (tertiary/aromatic N) is 2. The molecule has 2 rings (SSSR count). The number of amidine groups is 1. The van der Waals surface area contributed by atoms with Gasteiger partial charge in [0.1, 0.15) is 5.84 Å². The molecule has 6 heteroatoms. The summed E-state index contributed by atoms with van der Waals surface area (Å²) in [6.45, 7) is 0. The highest BCUT2D eigenvalue weighted by atomic mass is 35.5. The molecule has 1 aromatic heterocycles. The lowest BCUT2D eigenvalue weighted by Gasteiger charge is -1.99. The fourth-order valence-electron chi connectivity index (χ4n) is 1.22. The first-order chi connectivity index (χ1) is 7.20. The first-order valence-electron chi connectivity index (χ1n) is 4.22. The van der Waals surface area contributed by atoms with Gasteiger partial charge in [-0.05, 0) is 12.1 Å². The summed E-state index contributed by atoms with van der Waals surface area (Å²) in [5.41, 5.74) is 6.98. The molecule has 1 aromatic carbocycles. The smallest absolute Gasteiger partial charge is 0.115 e. The third-order valence-electron chi connectivity index (χ3n) is 1.91. The van der Waals surface area contributed by atoms with Gasteiger partial charge in [0, 0.05) is 5.39 Å². The second-order valence-electron chi connectivity index (χ2n) is 3.00. The van der Waals surface area contributed by atoms with Gasteiger partial charge in [-0.25, -0.2) is 4.99 Å². The van der Waals surface area contributed by atoms with Gasteiger partial charge in [-0.2, -0.15) is 5.10 Å². The Bertz CT molecular complexity index is 518. The van der Waals surface area contributed by atoms with Crippen LogP contribution in [-0.2, 0) is 0 Å². The molecule has 4 nitrogen and oxygen atoms in total. The van der Waals surface area contributed by atoms with E-state index in [-0.39, 0.29) is 5.88 Å². The van der Waals surface area contributed by atoms with E-state index in [0.717, 1.165) is 10.9 Å². The minimum absolute atomic E-state index is 0.178. The van der Waals surface area contributed by atoms with Crippen LogP contribution in [0.2, 0.25) is 5.02 Å². The second-order valence-corrected chi connectivity index (χ2v) is 3.67. The highest BCUT2D eigenvalue weighted by Gasteiger charge is 2.04. The minimum Gasteiger partial charge on any atom is -0.386 e. The number of aromatic amines is 1. The van der Waals surface area contributed by atoms with Crippen molar-refractivity contribution >= 4 is 45.6 Å². The second kappa shape index (κ2) is 4.08. The topological polar surface area (TPSA) is 67.1 Å². The molecule has 0 fully saturated rings. The number of hydrogen-bond donors (Lipinski definition) is 2. The van der Waals surface area contributed by atoms with Crippen molar-refractivity contribution in [1.29, 1.82) is 0 Å². The summed E-state index contributed by atoms with van der Waals surface area (Å²) < 4.78 is 0. The predicted molar refractivity (Wildman–Crippen MR) is 63.1 cm³/mol. The Balaban J connectivity index is 2.55. The zero-order valence-corrected chi connectivity index (χ0v) is 9.18. The average molecular weight is 243 g/mol. The van der Waals surface area contributed by atoms with E-state index in [1.54, 1.807) is 18.3 Å². The molecule has 0 aliphatic carbocycles. The molecule has 15 heavy (non-hydrogen) atoms. The number of aliphatic imine (C=N–C) groups is 1. The molecular formula is C9H8Cl2N4. The molecule has 0 saturated carbocycles. The molecule has 0 radical (unpaired) electrons. The van der Waals surface area contributed by atoms with Crippen LogP contribution in [0.4, 0.5) is 5.69 Å². The van der Waals surface area contributed by atoms with Crippen molar-refractivity contribution in [3.05, 3.63) is 23.4 Å². The Hall–Kier alpha value is -1.26. The zero-order chi connectivity index (χ0) is 10.8. The Kier molecular flexibility index (Phi) is 2.79. The number of rotatable bonds is 2. The largest absolute Gasteiger partial charge is 0.386 e. The molecule has 0 amide bonds. The zero-order valence-electron chi connectivity index (χ0n) is 7.67. The van der Waals surface area contributed by atoms with Gasteiger partial charge in [0.15, 0.2) is 0 Å². The number of nitrogens with one attached hydrogen (secondary N) is 1. The molecule has 0 atom stereocenters. The van der Waals surface area contributed by atoms with Crippen molar-refractivity contribution in [3.63, 3.8) is 0 Å². The molecule has 0 spiro atoms. The normalized spacial score (nSPS) is 12.3. The standard InChI is InChI=1S/C9H8Cl2N4/c10-3-9(12)14-8-2-7-5(1-6(8)11)4-13-15-7/h1-2,4H,3H2,(H2,12,14)(H,13,15). The maximum absolute atomic E-state index is 6.01. The lowest BCUT2D eigenvalue weighted by atomic mass is 10.2. The van der Waals surface area contributed by atoms with Gasteiger partial charge in [0.2, 0.25) is 0 Å². The van der Waals surface area contributed by atoms with Crippen molar-refractivity contribution in [1.82, 2.24) is 10.2 Å². The van der Waals surface area contributed by atoms with Crippen LogP contribution in [0, 0.1) is 0 Å². The molecule has 0 saturated heterocycles. The molecule has 0 unspecified atom stereocenters. The van der Waals surface area contributed by atoms with Crippen molar-refractivity contribution in [3.8, 4) is 0 Å². The summed E-state index contributed by atoms with van der Waals surface area (Å²) in [5, 5.41) is 8.18. The number of fused-ring (bicyclic) bond motifs is 1. The molecule has 78 valence electrons. The lowest BCUT2D eigenvalue weighted by Crippen LogP contribution is -2.12. The van der Waals surface area contributed by atoms with E-state index < -0.39 is 0 Å². The number of H-pyrrole nitrogens is 1. The van der Waals surface area contributed by atoms with Crippen LogP contribution < -0.4 is 5.73 Å². The first kappa shape index (κ1) is 10.3. The lowest BCUT2D eigenvalue weighted by molar-refractivity contribution is 1.12. The summed E-state index contributed by atoms with van der Waals surface area (Å²) >= 11 is 11.5. The van der Waals surface area contributed by atoms with Crippen molar-refractivity contribution < 1.29 is 0 Å². The van der Waals surface area contributed by atoms with E-state index >= 15 is 0 Å². The quantitative estimate of drug-likeness (QED) is 0.483. The number of alkyl halides is 1. The van der Waals surface area contributed by atoms with Crippen LogP contribution in [0.25, 0.3) is 10.9 Å². The summed E-state index contributed by atoms with van der Waals surface area (Å²) in [4.78, 5) is 4.09. The molecule has 2 aromatic rings. The van der Waals surface area contributed by atoms with Gasteiger partial charge >= 0.3 is 0 Å². The van der Waals surface area contributed by atoms with E-state index in [0.29, 0.717) is 16.5 Å². The number of hydrogen-bond acceptors (Lipinski definition) is 2. The maximum Gasteiger partial charge on any atom is 0.115 e. The van der Waals surface area contributed by atoms with E-state index in [9.17, 15) is 0 Å². The Morgan fingerprint density at radius 1 is 1.53 bits per heavy atom. The van der Waals surface area contributed by atoms with E-state index in [2.05, 4.69) is 15.2 Å². The molecular weight excluding hydrogens is 235 g/mol. The van der Waals surface area contributed by atoms with Crippen LogP contribution in [0.1, 0.15) is 0 Å². The van der Waals surface area contributed by atoms with Crippen molar-refractivity contribution in [2.24, 2.45) is 10.7 Å².